The molecule has 0 radical (unpaired) electrons. The largest absolute Gasteiger partial charge is 0.377 e. The average molecular weight is 217 g/mol. The Hall–Kier alpha value is -0.600. The molecule has 0 amide bonds. The minimum atomic E-state index is -1.66. The van der Waals surface area contributed by atoms with Gasteiger partial charge < -0.3 is 4.74 Å². The van der Waals surface area contributed by atoms with E-state index in [1.165, 1.54) is 6.92 Å². The lowest BCUT2D eigenvalue weighted by molar-refractivity contribution is 0.0945. The van der Waals surface area contributed by atoms with Gasteiger partial charge in [-0.25, -0.2) is 4.39 Å². The summed E-state index contributed by atoms with van der Waals surface area (Å²) in [5.41, 5.74) is 1.09. The second-order valence-electron chi connectivity index (χ2n) is 3.36. The van der Waals surface area contributed by atoms with Crippen LogP contribution in [0.4, 0.5) is 4.39 Å². The highest BCUT2D eigenvalue weighted by Gasteiger charge is 2.17. The predicted molar refractivity (Wildman–Crippen MR) is 56.1 cm³/mol. The van der Waals surface area contributed by atoms with Crippen LogP contribution in [0.15, 0.2) is 30.3 Å². The Kier molecular flexibility index (Phi) is 4.36. The summed E-state index contributed by atoms with van der Waals surface area (Å²) in [5.74, 6) is 0. The van der Waals surface area contributed by atoms with E-state index in [4.69, 9.17) is 16.3 Å². The fourth-order valence-electron chi connectivity index (χ4n) is 1.02. The molecular formula is C11H14ClFO. The van der Waals surface area contributed by atoms with E-state index >= 15 is 0 Å². The van der Waals surface area contributed by atoms with E-state index in [2.05, 4.69) is 0 Å². The highest BCUT2D eigenvalue weighted by Crippen LogP contribution is 2.20. The van der Waals surface area contributed by atoms with Gasteiger partial charge in [0.25, 0.3) is 0 Å². The summed E-state index contributed by atoms with van der Waals surface area (Å²) in [6.45, 7) is 2.18. The van der Waals surface area contributed by atoms with Gasteiger partial charge in [0.2, 0.25) is 0 Å². The van der Waals surface area contributed by atoms with Crippen molar-refractivity contribution in [2.24, 2.45) is 0 Å². The Morgan fingerprint density at radius 3 is 2.57 bits per heavy atom. The number of halogens is 2. The smallest absolute Gasteiger partial charge is 0.183 e. The van der Waals surface area contributed by atoms with E-state index in [0.717, 1.165) is 5.56 Å². The fourth-order valence-corrected chi connectivity index (χ4v) is 1.09. The highest BCUT2D eigenvalue weighted by atomic mass is 35.5. The normalized spacial score (nSPS) is 15.1. The standard InChI is InChI=1S/C11H14ClFO/c1-11(12,13)7-8-14-9-10-5-3-2-4-6-10/h2-6H,7-9H2,1H3. The molecule has 3 heteroatoms. The Bertz CT molecular complexity index is 256. The van der Waals surface area contributed by atoms with Gasteiger partial charge in [-0.3, -0.25) is 0 Å². The Morgan fingerprint density at radius 2 is 2.00 bits per heavy atom. The number of alkyl halides is 2. The third-order valence-corrected chi connectivity index (χ3v) is 1.99. The molecule has 0 aliphatic rings. The molecule has 1 nitrogen and oxygen atoms in total. The minimum absolute atomic E-state index is 0.210. The van der Waals surface area contributed by atoms with Crippen LogP contribution in [0, 0.1) is 0 Å². The van der Waals surface area contributed by atoms with Crippen molar-refractivity contribution in [2.75, 3.05) is 6.61 Å². The van der Waals surface area contributed by atoms with Crippen LogP contribution in [-0.4, -0.2) is 11.7 Å². The third kappa shape index (κ3) is 5.20. The lowest BCUT2D eigenvalue weighted by atomic mass is 10.2. The quantitative estimate of drug-likeness (QED) is 0.541. The molecule has 0 fully saturated rings. The first-order valence-corrected chi connectivity index (χ1v) is 4.95. The molecule has 0 heterocycles. The first-order chi connectivity index (χ1) is 6.58. The second kappa shape index (κ2) is 5.32. The zero-order valence-electron chi connectivity index (χ0n) is 8.17. The lowest BCUT2D eigenvalue weighted by Gasteiger charge is -2.11. The van der Waals surface area contributed by atoms with Crippen LogP contribution in [0.5, 0.6) is 0 Å². The molecule has 0 saturated carbocycles. The molecule has 0 aliphatic heterocycles. The van der Waals surface area contributed by atoms with Gasteiger partial charge in [-0.15, -0.1) is 0 Å². The van der Waals surface area contributed by atoms with Gasteiger partial charge in [0, 0.05) is 6.42 Å². The van der Waals surface area contributed by atoms with Crippen LogP contribution in [-0.2, 0) is 11.3 Å². The second-order valence-corrected chi connectivity index (χ2v) is 4.15. The third-order valence-electron chi connectivity index (χ3n) is 1.80. The van der Waals surface area contributed by atoms with Gasteiger partial charge >= 0.3 is 0 Å². The number of benzene rings is 1. The van der Waals surface area contributed by atoms with Crippen molar-refractivity contribution in [3.63, 3.8) is 0 Å². The summed E-state index contributed by atoms with van der Waals surface area (Å²) in [5, 5.41) is -1.66. The molecule has 0 bridgehead atoms. The van der Waals surface area contributed by atoms with E-state index in [-0.39, 0.29) is 6.42 Å². The van der Waals surface area contributed by atoms with E-state index in [0.29, 0.717) is 13.2 Å². The minimum Gasteiger partial charge on any atom is -0.377 e. The first kappa shape index (κ1) is 11.5. The Labute approximate surface area is 88.8 Å². The molecule has 1 unspecified atom stereocenters. The zero-order chi connectivity index (χ0) is 10.4. The van der Waals surface area contributed by atoms with Crippen LogP contribution in [0.2, 0.25) is 0 Å². The van der Waals surface area contributed by atoms with Crippen LogP contribution in [0.25, 0.3) is 0 Å². The molecule has 14 heavy (non-hydrogen) atoms. The van der Waals surface area contributed by atoms with E-state index in [1.54, 1.807) is 0 Å². The molecular weight excluding hydrogens is 203 g/mol. The topological polar surface area (TPSA) is 9.23 Å². The predicted octanol–water partition coefficient (Wildman–Crippen LogP) is 3.52. The Balaban J connectivity index is 2.17. The van der Waals surface area contributed by atoms with Crippen molar-refractivity contribution < 1.29 is 9.13 Å². The lowest BCUT2D eigenvalue weighted by Crippen LogP contribution is -2.11. The van der Waals surface area contributed by atoms with Crippen LogP contribution in [0.3, 0.4) is 0 Å². The summed E-state index contributed by atoms with van der Waals surface area (Å²) >= 11 is 5.37. The monoisotopic (exact) mass is 216 g/mol. The molecule has 0 aliphatic carbocycles. The van der Waals surface area contributed by atoms with Gasteiger partial charge in [-0.05, 0) is 12.5 Å². The van der Waals surface area contributed by atoms with E-state index in [9.17, 15) is 4.39 Å². The van der Waals surface area contributed by atoms with Crippen molar-refractivity contribution in [1.82, 2.24) is 0 Å². The number of ether oxygens (including phenoxy) is 1. The van der Waals surface area contributed by atoms with Gasteiger partial charge in [-0.2, -0.15) is 0 Å². The van der Waals surface area contributed by atoms with Gasteiger partial charge in [0.15, 0.2) is 5.13 Å². The molecule has 0 spiro atoms. The fraction of sp³-hybridized carbons (Fsp3) is 0.455. The number of hydrogen-bond acceptors (Lipinski definition) is 1. The molecule has 0 N–H and O–H groups in total. The molecule has 0 aromatic heterocycles. The van der Waals surface area contributed by atoms with E-state index in [1.807, 2.05) is 30.3 Å². The molecule has 0 saturated heterocycles. The van der Waals surface area contributed by atoms with Crippen molar-refractivity contribution in [3.05, 3.63) is 35.9 Å². The summed E-state index contributed by atoms with van der Waals surface area (Å²) in [6, 6.07) is 9.77. The van der Waals surface area contributed by atoms with Gasteiger partial charge in [0.1, 0.15) is 0 Å². The first-order valence-electron chi connectivity index (χ1n) is 4.57. The zero-order valence-corrected chi connectivity index (χ0v) is 8.93. The highest BCUT2D eigenvalue weighted by molar-refractivity contribution is 6.22. The molecule has 1 rings (SSSR count). The SMILES string of the molecule is CC(F)(Cl)CCOCc1ccccc1. The maximum Gasteiger partial charge on any atom is 0.183 e. The Morgan fingerprint density at radius 1 is 1.36 bits per heavy atom. The average Bonchev–Trinajstić information content (AvgIpc) is 2.13. The van der Waals surface area contributed by atoms with Crippen LogP contribution in [0.1, 0.15) is 18.9 Å². The summed E-state index contributed by atoms with van der Waals surface area (Å²) in [6.07, 6.45) is 0.210. The van der Waals surface area contributed by atoms with Crippen molar-refractivity contribution in [1.29, 1.82) is 0 Å². The van der Waals surface area contributed by atoms with Crippen LogP contribution < -0.4 is 0 Å². The maximum absolute atomic E-state index is 12.8. The number of hydrogen-bond donors (Lipinski definition) is 0. The summed E-state index contributed by atoms with van der Waals surface area (Å²) in [7, 11) is 0. The molecule has 1 atom stereocenters. The summed E-state index contributed by atoms with van der Waals surface area (Å²) < 4.78 is 18.1. The maximum atomic E-state index is 12.8. The van der Waals surface area contributed by atoms with Crippen molar-refractivity contribution in [3.8, 4) is 0 Å². The van der Waals surface area contributed by atoms with Crippen LogP contribution >= 0.6 is 11.6 Å². The van der Waals surface area contributed by atoms with Gasteiger partial charge in [0.05, 0.1) is 13.2 Å². The van der Waals surface area contributed by atoms with Gasteiger partial charge in [-0.1, -0.05) is 41.9 Å². The van der Waals surface area contributed by atoms with E-state index < -0.39 is 5.13 Å². The molecule has 78 valence electrons. The molecule has 1 aromatic carbocycles. The van der Waals surface area contributed by atoms with Crippen molar-refractivity contribution >= 4 is 11.6 Å². The summed E-state index contributed by atoms with van der Waals surface area (Å²) in [4.78, 5) is 0. The number of rotatable bonds is 5. The van der Waals surface area contributed by atoms with Crippen molar-refractivity contribution in [2.45, 2.75) is 25.1 Å². The molecule has 1 aromatic rings.